The zero-order valence-electron chi connectivity index (χ0n) is 10.3. The van der Waals surface area contributed by atoms with E-state index in [0.717, 1.165) is 0 Å². The summed E-state index contributed by atoms with van der Waals surface area (Å²) in [6, 6.07) is 4.23. The predicted molar refractivity (Wildman–Crippen MR) is 71.0 cm³/mol. The number of nitrogens with one attached hydrogen (secondary N) is 1. The van der Waals surface area contributed by atoms with E-state index in [2.05, 4.69) is 31.4 Å². The van der Waals surface area contributed by atoms with Gasteiger partial charge in [-0.1, -0.05) is 11.2 Å². The third-order valence-electron chi connectivity index (χ3n) is 2.40. The van der Waals surface area contributed by atoms with Gasteiger partial charge in [-0.05, 0) is 22.0 Å². The Bertz CT molecular complexity index is 670. The Kier molecular flexibility index (Phi) is 4.08. The first-order valence-corrected chi connectivity index (χ1v) is 6.28. The molecule has 0 spiro atoms. The van der Waals surface area contributed by atoms with Gasteiger partial charge in [0.15, 0.2) is 5.82 Å². The van der Waals surface area contributed by atoms with E-state index in [1.807, 2.05) is 0 Å². The van der Waals surface area contributed by atoms with Crippen molar-refractivity contribution in [2.24, 2.45) is 0 Å². The van der Waals surface area contributed by atoms with Crippen molar-refractivity contribution in [3.05, 3.63) is 50.1 Å². The molecule has 104 valence electrons. The van der Waals surface area contributed by atoms with Crippen molar-refractivity contribution in [2.75, 3.05) is 0 Å². The smallest absolute Gasteiger partial charge is 0.284 e. The highest BCUT2D eigenvalue weighted by atomic mass is 79.9. The fraction of sp³-hybridized carbons (Fsp3) is 0.182. The van der Waals surface area contributed by atoms with Gasteiger partial charge in [0.25, 0.3) is 11.6 Å². The largest absolute Gasteiger partial charge is 0.345 e. The Morgan fingerprint density at radius 2 is 2.30 bits per heavy atom. The maximum Gasteiger partial charge on any atom is 0.284 e. The lowest BCUT2D eigenvalue weighted by molar-refractivity contribution is -0.385. The Balaban J connectivity index is 2.13. The van der Waals surface area contributed by atoms with E-state index < -0.39 is 10.8 Å². The zero-order valence-corrected chi connectivity index (χ0v) is 11.9. The molecule has 2 rings (SSSR count). The molecule has 0 unspecified atom stereocenters. The van der Waals surface area contributed by atoms with E-state index in [-0.39, 0.29) is 22.3 Å². The van der Waals surface area contributed by atoms with Gasteiger partial charge in [0.2, 0.25) is 5.89 Å². The van der Waals surface area contributed by atoms with E-state index in [1.54, 1.807) is 6.92 Å². The van der Waals surface area contributed by atoms with E-state index >= 15 is 0 Å². The molecule has 1 aromatic heterocycles. The average molecular weight is 341 g/mol. The van der Waals surface area contributed by atoms with Crippen LogP contribution in [0.1, 0.15) is 22.1 Å². The third kappa shape index (κ3) is 2.99. The Morgan fingerprint density at radius 3 is 2.90 bits per heavy atom. The summed E-state index contributed by atoms with van der Waals surface area (Å²) >= 11 is 3.06. The molecule has 0 aliphatic heterocycles. The number of nitro benzene ring substituents is 1. The van der Waals surface area contributed by atoms with Gasteiger partial charge in [-0.25, -0.2) is 0 Å². The molecule has 1 amide bonds. The number of rotatable bonds is 4. The summed E-state index contributed by atoms with van der Waals surface area (Å²) in [5.41, 5.74) is -0.00697. The number of amides is 1. The molecule has 0 atom stereocenters. The van der Waals surface area contributed by atoms with E-state index in [4.69, 9.17) is 4.52 Å². The summed E-state index contributed by atoms with van der Waals surface area (Å²) in [6.07, 6.45) is 0. The molecule has 0 saturated heterocycles. The number of halogens is 1. The molecule has 0 aliphatic carbocycles. The van der Waals surface area contributed by atoms with Crippen LogP contribution in [0.15, 0.2) is 27.2 Å². The first kappa shape index (κ1) is 14.1. The average Bonchev–Trinajstić information content (AvgIpc) is 2.81. The highest BCUT2D eigenvalue weighted by Gasteiger charge is 2.19. The Morgan fingerprint density at radius 1 is 1.55 bits per heavy atom. The predicted octanol–water partition coefficient (Wildman–Crippen LogP) is 1.98. The number of carbonyl (C=O) groups excluding carboxylic acids is 1. The minimum Gasteiger partial charge on any atom is -0.345 e. The van der Waals surface area contributed by atoms with Crippen LogP contribution in [0, 0.1) is 17.0 Å². The first-order valence-electron chi connectivity index (χ1n) is 5.49. The number of aromatic nitrogens is 2. The molecule has 0 saturated carbocycles. The Labute approximate surface area is 121 Å². The maximum atomic E-state index is 12.0. The van der Waals surface area contributed by atoms with Gasteiger partial charge in [0, 0.05) is 13.0 Å². The van der Waals surface area contributed by atoms with Crippen LogP contribution in [0.5, 0.6) is 0 Å². The second-order valence-corrected chi connectivity index (χ2v) is 4.60. The molecule has 0 radical (unpaired) electrons. The third-order valence-corrected chi connectivity index (χ3v) is 3.23. The molecule has 20 heavy (non-hydrogen) atoms. The SMILES string of the molecule is Cc1nc(CNC(=O)c2cccc([N+](=O)[O-])c2Br)no1. The van der Waals surface area contributed by atoms with Crippen LogP contribution in [0.25, 0.3) is 0 Å². The molecule has 1 heterocycles. The molecule has 9 heteroatoms. The highest BCUT2D eigenvalue weighted by molar-refractivity contribution is 9.10. The Hall–Kier alpha value is -2.29. The second kappa shape index (κ2) is 5.78. The summed E-state index contributed by atoms with van der Waals surface area (Å²) in [4.78, 5) is 26.1. The molecule has 0 aliphatic rings. The van der Waals surface area contributed by atoms with Gasteiger partial charge in [0.1, 0.15) is 4.47 Å². The number of carbonyl (C=O) groups is 1. The van der Waals surface area contributed by atoms with E-state index in [0.29, 0.717) is 11.7 Å². The van der Waals surface area contributed by atoms with E-state index in [1.165, 1.54) is 18.2 Å². The van der Waals surface area contributed by atoms with Crippen molar-refractivity contribution in [2.45, 2.75) is 13.5 Å². The number of hydrogen-bond donors (Lipinski definition) is 1. The van der Waals surface area contributed by atoms with E-state index in [9.17, 15) is 14.9 Å². The zero-order chi connectivity index (χ0) is 14.7. The van der Waals surface area contributed by atoms with Gasteiger partial charge < -0.3 is 9.84 Å². The normalized spacial score (nSPS) is 10.3. The minimum absolute atomic E-state index is 0.0747. The number of benzene rings is 1. The van der Waals surface area contributed by atoms with Crippen LogP contribution < -0.4 is 5.32 Å². The van der Waals surface area contributed by atoms with Gasteiger partial charge in [-0.3, -0.25) is 14.9 Å². The van der Waals surface area contributed by atoms with Crippen LogP contribution in [0.4, 0.5) is 5.69 Å². The maximum absolute atomic E-state index is 12.0. The second-order valence-electron chi connectivity index (χ2n) is 3.81. The number of nitro groups is 1. The van der Waals surface area contributed by atoms with Crippen LogP contribution in [0.3, 0.4) is 0 Å². The van der Waals surface area contributed by atoms with Gasteiger partial charge in [-0.15, -0.1) is 0 Å². The highest BCUT2D eigenvalue weighted by Crippen LogP contribution is 2.28. The lowest BCUT2D eigenvalue weighted by Crippen LogP contribution is -2.24. The monoisotopic (exact) mass is 340 g/mol. The standard InChI is InChI=1S/C11H9BrN4O4/c1-6-14-9(15-20-6)5-13-11(17)7-3-2-4-8(10(7)12)16(18)19/h2-4H,5H2,1H3,(H,13,17). The van der Waals surface area contributed by atoms with Crippen LogP contribution in [-0.4, -0.2) is 21.0 Å². The molecule has 1 N–H and O–H groups in total. The van der Waals surface area contributed by atoms with Crippen LogP contribution in [0.2, 0.25) is 0 Å². The number of hydrogen-bond acceptors (Lipinski definition) is 6. The first-order chi connectivity index (χ1) is 9.49. The summed E-state index contributed by atoms with van der Waals surface area (Å²) in [5, 5.41) is 17.0. The molecule has 0 fully saturated rings. The fourth-order valence-corrected chi connectivity index (χ4v) is 2.09. The van der Waals surface area contributed by atoms with Crippen molar-refractivity contribution < 1.29 is 14.2 Å². The molecule has 8 nitrogen and oxygen atoms in total. The van der Waals surface area contributed by atoms with Gasteiger partial charge >= 0.3 is 0 Å². The fourth-order valence-electron chi connectivity index (χ4n) is 1.50. The van der Waals surface area contributed by atoms with Crippen molar-refractivity contribution >= 4 is 27.5 Å². The molecule has 2 aromatic rings. The summed E-state index contributed by atoms with van der Waals surface area (Å²) in [7, 11) is 0. The van der Waals surface area contributed by atoms with Crippen molar-refractivity contribution in [1.82, 2.24) is 15.5 Å². The lowest BCUT2D eigenvalue weighted by Gasteiger charge is -2.05. The molecule has 0 bridgehead atoms. The number of nitrogens with zero attached hydrogens (tertiary/aromatic N) is 3. The summed E-state index contributed by atoms with van der Waals surface area (Å²) < 4.78 is 4.90. The van der Waals surface area contributed by atoms with Gasteiger partial charge in [0.05, 0.1) is 17.0 Å². The summed E-state index contributed by atoms with van der Waals surface area (Å²) in [5.74, 6) is 0.256. The molecular formula is C11H9BrN4O4. The topological polar surface area (TPSA) is 111 Å². The number of aryl methyl sites for hydroxylation is 1. The summed E-state index contributed by atoms with van der Waals surface area (Å²) in [6.45, 7) is 1.71. The van der Waals surface area contributed by atoms with Crippen LogP contribution in [-0.2, 0) is 6.54 Å². The van der Waals surface area contributed by atoms with Crippen LogP contribution >= 0.6 is 15.9 Å². The molecule has 1 aromatic carbocycles. The minimum atomic E-state index is -0.566. The van der Waals surface area contributed by atoms with Crippen molar-refractivity contribution in [3.8, 4) is 0 Å². The van der Waals surface area contributed by atoms with Gasteiger partial charge in [-0.2, -0.15) is 4.98 Å². The lowest BCUT2D eigenvalue weighted by atomic mass is 10.2. The van der Waals surface area contributed by atoms with Crippen molar-refractivity contribution in [3.63, 3.8) is 0 Å². The quantitative estimate of drug-likeness (QED) is 0.672. The molecular weight excluding hydrogens is 332 g/mol. The van der Waals surface area contributed by atoms with Crippen molar-refractivity contribution in [1.29, 1.82) is 0 Å².